The van der Waals surface area contributed by atoms with Crippen molar-refractivity contribution in [3.63, 3.8) is 0 Å². The Hall–Kier alpha value is -0.605. The second-order valence-corrected chi connectivity index (χ2v) is 6.40. The van der Waals surface area contributed by atoms with Crippen molar-refractivity contribution in [2.24, 2.45) is 5.41 Å². The Labute approximate surface area is 132 Å². The summed E-state index contributed by atoms with van der Waals surface area (Å²) in [6.45, 7) is 8.75. The predicted octanol–water partition coefficient (Wildman–Crippen LogP) is 4.47. The molecule has 116 valence electrons. The van der Waals surface area contributed by atoms with E-state index in [0.717, 1.165) is 37.5 Å². The zero-order chi connectivity index (χ0) is 15.7. The highest BCUT2D eigenvalue weighted by Crippen LogP contribution is 2.54. The summed E-state index contributed by atoms with van der Waals surface area (Å²) in [5.41, 5.74) is 0.820. The third-order valence-corrected chi connectivity index (χ3v) is 5.87. The second-order valence-electron chi connectivity index (χ2n) is 6.04. The van der Waals surface area contributed by atoms with Gasteiger partial charge in [-0.15, -0.1) is 0 Å². The van der Waals surface area contributed by atoms with Crippen molar-refractivity contribution in [1.82, 2.24) is 4.98 Å². The van der Waals surface area contributed by atoms with E-state index in [1.807, 2.05) is 0 Å². The molecule has 1 saturated heterocycles. The number of aromatic nitrogens is 1. The molecule has 0 bridgehead atoms. The number of nitrogens with zero attached hydrogens (tertiary/aromatic N) is 1. The zero-order valence-electron chi connectivity index (χ0n) is 13.4. The van der Waals surface area contributed by atoms with E-state index in [9.17, 15) is 4.39 Å². The van der Waals surface area contributed by atoms with Crippen LogP contribution in [-0.2, 0) is 4.65 Å². The minimum Gasteiger partial charge on any atom is -0.425 e. The van der Waals surface area contributed by atoms with Gasteiger partial charge in [0.1, 0.15) is 0 Å². The maximum absolute atomic E-state index is 13.7. The van der Waals surface area contributed by atoms with Crippen LogP contribution in [0.2, 0.25) is 11.5 Å². The van der Waals surface area contributed by atoms with E-state index in [1.165, 1.54) is 6.07 Å². The summed E-state index contributed by atoms with van der Waals surface area (Å²) >= 11 is 5.68. The largest absolute Gasteiger partial charge is 0.425 e. The van der Waals surface area contributed by atoms with Gasteiger partial charge in [0.05, 0.1) is 5.60 Å². The van der Waals surface area contributed by atoms with Gasteiger partial charge in [-0.1, -0.05) is 39.3 Å². The molecule has 2 rings (SSSR count). The quantitative estimate of drug-likeness (QED) is 0.591. The molecule has 0 aromatic carbocycles. The third-order valence-electron chi connectivity index (χ3n) is 5.60. The first kappa shape index (κ1) is 16.8. The Kier molecular flexibility index (Phi) is 4.99. The molecule has 0 aliphatic carbocycles. The van der Waals surface area contributed by atoms with Crippen molar-refractivity contribution in [2.45, 2.75) is 65.3 Å². The molecule has 1 fully saturated rings. The van der Waals surface area contributed by atoms with Crippen LogP contribution in [0.4, 0.5) is 4.39 Å². The van der Waals surface area contributed by atoms with Crippen molar-refractivity contribution < 1.29 is 9.04 Å². The van der Waals surface area contributed by atoms with Gasteiger partial charge < -0.3 is 4.65 Å². The Morgan fingerprint density at radius 1 is 1.24 bits per heavy atom. The molecule has 1 aromatic rings. The summed E-state index contributed by atoms with van der Waals surface area (Å²) in [5, 5.41) is -0.0776. The van der Waals surface area contributed by atoms with E-state index in [1.54, 1.807) is 6.20 Å². The highest BCUT2D eigenvalue weighted by atomic mass is 35.5. The Balaban J connectivity index is 2.39. The highest BCUT2D eigenvalue weighted by molar-refractivity contribution is 6.68. The molecular weight excluding hydrogens is 287 g/mol. The van der Waals surface area contributed by atoms with Crippen LogP contribution in [0, 0.1) is 11.2 Å². The predicted molar refractivity (Wildman–Crippen MR) is 86.8 cm³/mol. The smallest absolute Gasteiger partial charge is 0.329 e. The number of hydrogen-bond donors (Lipinski definition) is 0. The standard InChI is InChI=1S/C16H24BClFNO/c1-5-15(6-2)11-17(21-16(15,7-3)8-4)12-9-13(19)14(18)20-10-12/h9-10H,5-8,11H2,1-4H3. The summed E-state index contributed by atoms with van der Waals surface area (Å²) in [6.07, 6.45) is 6.67. The van der Waals surface area contributed by atoms with Crippen LogP contribution < -0.4 is 5.46 Å². The van der Waals surface area contributed by atoms with Gasteiger partial charge in [-0.05, 0) is 48.9 Å². The average Bonchev–Trinajstić information content (AvgIpc) is 2.85. The first-order valence-corrected chi connectivity index (χ1v) is 8.34. The van der Waals surface area contributed by atoms with Crippen LogP contribution in [0.5, 0.6) is 0 Å². The molecule has 2 heterocycles. The van der Waals surface area contributed by atoms with Gasteiger partial charge in [-0.25, -0.2) is 9.37 Å². The number of rotatable bonds is 5. The molecule has 5 heteroatoms. The Bertz CT molecular complexity index is 483. The normalized spacial score (nSPS) is 20.0. The molecule has 0 saturated carbocycles. The molecule has 1 aliphatic heterocycles. The van der Waals surface area contributed by atoms with Crippen molar-refractivity contribution in [2.75, 3.05) is 0 Å². The fourth-order valence-electron chi connectivity index (χ4n) is 4.13. The maximum Gasteiger partial charge on any atom is 0.329 e. The van der Waals surface area contributed by atoms with Gasteiger partial charge in [0, 0.05) is 6.20 Å². The van der Waals surface area contributed by atoms with E-state index in [0.29, 0.717) is 0 Å². The van der Waals surface area contributed by atoms with Gasteiger partial charge in [0.15, 0.2) is 11.0 Å². The van der Waals surface area contributed by atoms with Crippen LogP contribution in [-0.4, -0.2) is 17.5 Å². The molecule has 0 unspecified atom stereocenters. The first-order valence-electron chi connectivity index (χ1n) is 7.96. The summed E-state index contributed by atoms with van der Waals surface area (Å²) in [5.74, 6) is -0.470. The molecule has 2 nitrogen and oxygen atoms in total. The van der Waals surface area contributed by atoms with Crippen molar-refractivity contribution in [3.8, 4) is 0 Å². The Morgan fingerprint density at radius 3 is 2.29 bits per heavy atom. The molecule has 0 N–H and O–H groups in total. The lowest BCUT2D eigenvalue weighted by molar-refractivity contribution is -0.0327. The monoisotopic (exact) mass is 311 g/mol. The van der Waals surface area contributed by atoms with E-state index in [2.05, 4.69) is 32.7 Å². The molecule has 21 heavy (non-hydrogen) atoms. The molecular formula is C16H24BClFNO. The number of hydrogen-bond acceptors (Lipinski definition) is 2. The fraction of sp³-hybridized carbons (Fsp3) is 0.688. The molecule has 0 spiro atoms. The molecule has 1 aromatic heterocycles. The number of pyridine rings is 1. The van der Waals surface area contributed by atoms with Gasteiger partial charge in [0.2, 0.25) is 0 Å². The lowest BCUT2D eigenvalue weighted by Crippen LogP contribution is -2.43. The fourth-order valence-corrected chi connectivity index (χ4v) is 4.23. The van der Waals surface area contributed by atoms with Crippen molar-refractivity contribution in [3.05, 3.63) is 23.2 Å². The SMILES string of the molecule is CCC1(CC)CB(c2cnc(Cl)c(F)c2)OC1(CC)CC. The minimum atomic E-state index is -0.470. The van der Waals surface area contributed by atoms with Gasteiger partial charge in [0.25, 0.3) is 0 Å². The second kappa shape index (κ2) is 6.25. The molecule has 0 atom stereocenters. The van der Waals surface area contributed by atoms with Gasteiger partial charge in [-0.3, -0.25) is 0 Å². The maximum atomic E-state index is 13.7. The topological polar surface area (TPSA) is 22.1 Å². The first-order chi connectivity index (χ1) is 9.97. The molecule has 0 amide bonds. The minimum absolute atomic E-state index is 0.0776. The van der Waals surface area contributed by atoms with Crippen LogP contribution in [0.25, 0.3) is 0 Å². The van der Waals surface area contributed by atoms with E-state index >= 15 is 0 Å². The van der Waals surface area contributed by atoms with Crippen LogP contribution in [0.1, 0.15) is 53.4 Å². The Morgan fingerprint density at radius 2 is 1.86 bits per heavy atom. The zero-order valence-corrected chi connectivity index (χ0v) is 14.1. The van der Waals surface area contributed by atoms with E-state index < -0.39 is 5.82 Å². The molecule has 0 radical (unpaired) electrons. The van der Waals surface area contributed by atoms with Crippen LogP contribution in [0.15, 0.2) is 12.3 Å². The lowest BCUT2D eigenvalue weighted by atomic mass is 9.52. The summed E-state index contributed by atoms with van der Waals surface area (Å²) in [7, 11) is 0. The van der Waals surface area contributed by atoms with Crippen LogP contribution in [0.3, 0.4) is 0 Å². The summed E-state index contributed by atoms with van der Waals surface area (Å²) in [4.78, 5) is 3.93. The van der Waals surface area contributed by atoms with E-state index in [4.69, 9.17) is 16.3 Å². The summed E-state index contributed by atoms with van der Waals surface area (Å²) in [6, 6.07) is 1.47. The van der Waals surface area contributed by atoms with Crippen molar-refractivity contribution in [1.29, 1.82) is 0 Å². The summed E-state index contributed by atoms with van der Waals surface area (Å²) < 4.78 is 20.2. The molecule has 1 aliphatic rings. The highest BCUT2D eigenvalue weighted by Gasteiger charge is 2.56. The van der Waals surface area contributed by atoms with Gasteiger partial charge in [-0.2, -0.15) is 0 Å². The lowest BCUT2D eigenvalue weighted by Gasteiger charge is -2.44. The van der Waals surface area contributed by atoms with Crippen LogP contribution >= 0.6 is 11.6 Å². The van der Waals surface area contributed by atoms with Crippen molar-refractivity contribution >= 4 is 24.0 Å². The average molecular weight is 312 g/mol. The third kappa shape index (κ3) is 2.61. The van der Waals surface area contributed by atoms with Gasteiger partial charge >= 0.3 is 6.92 Å². The number of halogens is 2. The van der Waals surface area contributed by atoms with E-state index in [-0.39, 0.29) is 23.1 Å².